The first kappa shape index (κ1) is 37.3. The minimum atomic E-state index is -0.601. The Morgan fingerprint density at radius 1 is 0.538 bits per heavy atom. The van der Waals surface area contributed by atoms with Gasteiger partial charge in [0.25, 0.3) is 0 Å². The van der Waals surface area contributed by atoms with E-state index in [1.54, 1.807) is 12.1 Å². The van der Waals surface area contributed by atoms with Crippen molar-refractivity contribution in [2.75, 3.05) is 0 Å². The van der Waals surface area contributed by atoms with E-state index in [0.717, 1.165) is 12.8 Å². The van der Waals surface area contributed by atoms with Crippen LogP contribution in [-0.4, -0.2) is 21.3 Å². The highest BCUT2D eigenvalue weighted by Gasteiger charge is 2.12. The minimum absolute atomic E-state index is 0.0764. The number of aliphatic carboxylic acids is 1. The highest BCUT2D eigenvalue weighted by molar-refractivity contribution is 5.66. The lowest BCUT2D eigenvalue weighted by atomic mass is 9.91. The number of hydrogen-bond donors (Lipinski definition) is 3. The lowest BCUT2D eigenvalue weighted by Gasteiger charge is -2.14. The molecule has 0 radical (unpaired) electrons. The molecule has 0 heterocycles. The van der Waals surface area contributed by atoms with Crippen molar-refractivity contribution in [1.82, 2.24) is 0 Å². The molecular weight excluding hydrogens is 484 g/mol. The number of carbonyl (C=O) groups is 1. The number of hydrogen-bond acceptors (Lipinski definition) is 3. The summed E-state index contributed by atoms with van der Waals surface area (Å²) < 4.78 is 0. The number of carboxylic acid groups (broad SMARTS) is 1. The SMILES string of the molecule is CCCCCCCCCCCCCCC(CCCCCCCCCCCC)CC(=O)O.Oc1ccccc1O. The van der Waals surface area contributed by atoms with Crippen LogP contribution in [0.1, 0.15) is 174 Å². The molecule has 0 bridgehead atoms. The van der Waals surface area contributed by atoms with Crippen LogP contribution >= 0.6 is 0 Å². The average molecular weight is 549 g/mol. The van der Waals surface area contributed by atoms with Crippen LogP contribution in [-0.2, 0) is 4.79 Å². The molecule has 0 aliphatic heterocycles. The van der Waals surface area contributed by atoms with Gasteiger partial charge in [-0.2, -0.15) is 0 Å². The van der Waals surface area contributed by atoms with Crippen molar-refractivity contribution in [3.05, 3.63) is 24.3 Å². The molecule has 0 aromatic heterocycles. The monoisotopic (exact) mass is 548 g/mol. The van der Waals surface area contributed by atoms with Gasteiger partial charge in [-0.05, 0) is 30.9 Å². The normalized spacial score (nSPS) is 11.6. The molecule has 39 heavy (non-hydrogen) atoms. The fourth-order valence-corrected chi connectivity index (χ4v) is 5.25. The molecule has 1 aromatic rings. The zero-order valence-corrected chi connectivity index (χ0v) is 25.8. The van der Waals surface area contributed by atoms with E-state index in [0.29, 0.717) is 12.3 Å². The number of carboxylic acids is 1. The third-order valence-electron chi connectivity index (χ3n) is 7.78. The largest absolute Gasteiger partial charge is 0.504 e. The van der Waals surface area contributed by atoms with Crippen molar-refractivity contribution >= 4 is 5.97 Å². The zero-order chi connectivity index (χ0) is 28.8. The molecule has 1 unspecified atom stereocenters. The van der Waals surface area contributed by atoms with Gasteiger partial charge in [-0.25, -0.2) is 0 Å². The second kappa shape index (κ2) is 29.3. The van der Waals surface area contributed by atoms with E-state index in [-0.39, 0.29) is 11.5 Å². The Kier molecular flexibility index (Phi) is 28.0. The van der Waals surface area contributed by atoms with Crippen molar-refractivity contribution < 1.29 is 20.1 Å². The molecule has 4 nitrogen and oxygen atoms in total. The van der Waals surface area contributed by atoms with Crippen LogP contribution < -0.4 is 0 Å². The van der Waals surface area contributed by atoms with E-state index in [2.05, 4.69) is 13.8 Å². The van der Waals surface area contributed by atoms with Gasteiger partial charge in [0.2, 0.25) is 0 Å². The van der Waals surface area contributed by atoms with Crippen LogP contribution in [0, 0.1) is 5.92 Å². The maximum atomic E-state index is 11.2. The van der Waals surface area contributed by atoms with Crippen molar-refractivity contribution in [3.63, 3.8) is 0 Å². The molecular formula is C35H64O4. The number of para-hydroxylation sites is 2. The highest BCUT2D eigenvalue weighted by Crippen LogP contribution is 2.23. The second-order valence-electron chi connectivity index (χ2n) is 11.6. The van der Waals surface area contributed by atoms with Crippen LogP contribution in [0.25, 0.3) is 0 Å². The number of phenols is 2. The fourth-order valence-electron chi connectivity index (χ4n) is 5.25. The number of phenolic OH excluding ortho intramolecular Hbond substituents is 2. The molecule has 0 amide bonds. The van der Waals surface area contributed by atoms with E-state index >= 15 is 0 Å². The van der Waals surface area contributed by atoms with Gasteiger partial charge < -0.3 is 15.3 Å². The van der Waals surface area contributed by atoms with Gasteiger partial charge in [-0.15, -0.1) is 0 Å². The van der Waals surface area contributed by atoms with Gasteiger partial charge >= 0.3 is 5.97 Å². The predicted molar refractivity (Wildman–Crippen MR) is 168 cm³/mol. The smallest absolute Gasteiger partial charge is 0.303 e. The van der Waals surface area contributed by atoms with Crippen LogP contribution in [0.3, 0.4) is 0 Å². The molecule has 3 N–H and O–H groups in total. The summed E-state index contributed by atoms with van der Waals surface area (Å²) in [7, 11) is 0. The maximum Gasteiger partial charge on any atom is 0.303 e. The van der Waals surface area contributed by atoms with Crippen LogP contribution in [0.4, 0.5) is 0 Å². The highest BCUT2D eigenvalue weighted by atomic mass is 16.4. The number of rotatable bonds is 26. The Labute approximate surface area is 242 Å². The van der Waals surface area contributed by atoms with Crippen molar-refractivity contribution in [2.24, 2.45) is 5.92 Å². The van der Waals surface area contributed by atoms with Crippen LogP contribution in [0.15, 0.2) is 24.3 Å². The maximum absolute atomic E-state index is 11.2. The van der Waals surface area contributed by atoms with Crippen molar-refractivity contribution in [1.29, 1.82) is 0 Å². The first-order valence-corrected chi connectivity index (χ1v) is 16.7. The first-order valence-electron chi connectivity index (χ1n) is 16.7. The summed E-state index contributed by atoms with van der Waals surface area (Å²) >= 11 is 0. The number of benzene rings is 1. The quantitative estimate of drug-likeness (QED) is 0.0794. The summed E-state index contributed by atoms with van der Waals surface area (Å²) in [4.78, 5) is 11.2. The molecule has 1 atom stereocenters. The summed E-state index contributed by atoms with van der Waals surface area (Å²) in [5.74, 6) is -0.342. The van der Waals surface area contributed by atoms with Gasteiger partial charge in [0, 0.05) is 6.42 Å². The topological polar surface area (TPSA) is 77.8 Å². The van der Waals surface area contributed by atoms with Crippen LogP contribution in [0.2, 0.25) is 0 Å². The van der Waals surface area contributed by atoms with Crippen molar-refractivity contribution in [3.8, 4) is 11.5 Å². The van der Waals surface area contributed by atoms with Crippen LogP contribution in [0.5, 0.6) is 11.5 Å². The standard InChI is InChI=1S/C29H58O2.C6H6O2/c1-3-5-7-9-11-13-15-16-18-20-22-24-26-28(27-29(30)31)25-23-21-19-17-14-12-10-8-6-4-2;7-5-3-1-2-4-6(5)8/h28H,3-27H2,1-2H3,(H,30,31);1-4,7-8H. The molecule has 1 aromatic carbocycles. The van der Waals surface area contributed by atoms with Gasteiger partial charge in [-0.1, -0.05) is 167 Å². The molecule has 0 aliphatic carbocycles. The zero-order valence-electron chi connectivity index (χ0n) is 25.8. The molecule has 0 saturated heterocycles. The molecule has 1 rings (SSSR count). The lowest BCUT2D eigenvalue weighted by Crippen LogP contribution is -2.08. The third kappa shape index (κ3) is 27.6. The number of aromatic hydroxyl groups is 2. The molecule has 4 heteroatoms. The van der Waals surface area contributed by atoms with Crippen molar-refractivity contribution in [2.45, 2.75) is 174 Å². The summed E-state index contributed by atoms with van der Waals surface area (Å²) in [5.41, 5.74) is 0. The molecule has 0 aliphatic rings. The Balaban J connectivity index is 0.00000152. The predicted octanol–water partition coefficient (Wildman–Crippen LogP) is 11.6. The average Bonchev–Trinajstić information content (AvgIpc) is 2.92. The molecule has 0 fully saturated rings. The molecule has 0 spiro atoms. The summed E-state index contributed by atoms with van der Waals surface area (Å²) in [6, 6.07) is 6.15. The number of unbranched alkanes of at least 4 members (excludes halogenated alkanes) is 20. The minimum Gasteiger partial charge on any atom is -0.504 e. The molecule has 228 valence electrons. The van der Waals surface area contributed by atoms with Gasteiger partial charge in [0.05, 0.1) is 0 Å². The Hall–Kier alpha value is -1.71. The lowest BCUT2D eigenvalue weighted by molar-refractivity contribution is -0.138. The van der Waals surface area contributed by atoms with E-state index in [9.17, 15) is 9.90 Å². The molecule has 0 saturated carbocycles. The van der Waals surface area contributed by atoms with E-state index in [1.165, 1.54) is 153 Å². The van der Waals surface area contributed by atoms with Gasteiger partial charge in [-0.3, -0.25) is 4.79 Å². The van der Waals surface area contributed by atoms with Gasteiger partial charge in [0.1, 0.15) is 0 Å². The van der Waals surface area contributed by atoms with Gasteiger partial charge in [0.15, 0.2) is 11.5 Å². The van der Waals surface area contributed by atoms with E-state index < -0.39 is 5.97 Å². The summed E-state index contributed by atoms with van der Waals surface area (Å²) in [5, 5.41) is 26.6. The second-order valence-corrected chi connectivity index (χ2v) is 11.6. The fraction of sp³-hybridized carbons (Fsp3) is 0.800. The Bertz CT molecular complexity index is 624. The summed E-state index contributed by atoms with van der Waals surface area (Å²) in [6.07, 6.45) is 32.7. The summed E-state index contributed by atoms with van der Waals surface area (Å²) in [6.45, 7) is 4.55. The third-order valence-corrected chi connectivity index (χ3v) is 7.78. The Morgan fingerprint density at radius 3 is 1.08 bits per heavy atom. The first-order chi connectivity index (χ1) is 19.0. The van der Waals surface area contributed by atoms with E-state index in [4.69, 9.17) is 10.2 Å². The van der Waals surface area contributed by atoms with E-state index in [1.807, 2.05) is 0 Å². The Morgan fingerprint density at radius 2 is 0.821 bits per heavy atom.